The van der Waals surface area contributed by atoms with Crippen LogP contribution >= 0.6 is 0 Å². The smallest absolute Gasteiger partial charge is 0.435 e. The van der Waals surface area contributed by atoms with E-state index >= 15 is 0 Å². The van der Waals surface area contributed by atoms with Gasteiger partial charge < -0.3 is 14.7 Å². The van der Waals surface area contributed by atoms with Crippen LogP contribution in [0.15, 0.2) is 67.0 Å². The highest BCUT2D eigenvalue weighted by Gasteiger charge is 2.42. The van der Waals surface area contributed by atoms with Gasteiger partial charge in [-0.05, 0) is 68.7 Å². The molecule has 0 aliphatic heterocycles. The number of aromatic nitrogens is 5. The Kier molecular flexibility index (Phi) is 6.87. The van der Waals surface area contributed by atoms with Gasteiger partial charge in [-0.3, -0.25) is 4.79 Å². The van der Waals surface area contributed by atoms with Crippen LogP contribution < -0.4 is 9.64 Å². The number of aromatic carboxylic acids is 1. The van der Waals surface area contributed by atoms with E-state index in [9.17, 15) is 27.9 Å². The van der Waals surface area contributed by atoms with Crippen LogP contribution in [0.2, 0.25) is 0 Å². The van der Waals surface area contributed by atoms with Gasteiger partial charge in [0.05, 0.1) is 40.7 Å². The molecule has 10 nitrogen and oxygen atoms in total. The lowest BCUT2D eigenvalue weighted by Gasteiger charge is -2.26. The number of carbonyl (C=O) groups excluding carboxylic acids is 1. The van der Waals surface area contributed by atoms with Gasteiger partial charge >= 0.3 is 12.1 Å². The van der Waals surface area contributed by atoms with Gasteiger partial charge in [0.15, 0.2) is 11.3 Å². The summed E-state index contributed by atoms with van der Waals surface area (Å²) in [5, 5.41) is 17.5. The van der Waals surface area contributed by atoms with Gasteiger partial charge in [-0.2, -0.15) is 23.4 Å². The number of nitrogens with zero attached hydrogens (tertiary/aromatic N) is 6. The molecule has 0 bridgehead atoms. The highest BCUT2D eigenvalue weighted by molar-refractivity contribution is 6.05. The monoisotopic (exact) mass is 590 g/mol. The first-order valence-corrected chi connectivity index (χ1v) is 13.4. The Morgan fingerprint density at radius 3 is 2.56 bits per heavy atom. The summed E-state index contributed by atoms with van der Waals surface area (Å²) in [4.78, 5) is 30.4. The molecule has 0 unspecified atom stereocenters. The number of ether oxygens (including phenoxy) is 1. The maximum absolute atomic E-state index is 14.1. The van der Waals surface area contributed by atoms with E-state index in [4.69, 9.17) is 4.74 Å². The van der Waals surface area contributed by atoms with Crippen molar-refractivity contribution in [3.05, 3.63) is 101 Å². The molecule has 1 amide bonds. The summed E-state index contributed by atoms with van der Waals surface area (Å²) in [7, 11) is 1.57. The zero-order valence-electron chi connectivity index (χ0n) is 23.0. The molecule has 0 radical (unpaired) electrons. The van der Waals surface area contributed by atoms with E-state index < -0.39 is 29.9 Å². The Labute approximate surface area is 243 Å². The van der Waals surface area contributed by atoms with Crippen LogP contribution in [-0.2, 0) is 12.6 Å². The summed E-state index contributed by atoms with van der Waals surface area (Å²) in [5.41, 5.74) is 1.70. The van der Waals surface area contributed by atoms with E-state index in [0.29, 0.717) is 29.9 Å². The number of anilines is 1. The fourth-order valence-electron chi connectivity index (χ4n) is 5.26. The van der Waals surface area contributed by atoms with E-state index in [2.05, 4.69) is 15.2 Å². The molecule has 5 aromatic rings. The molecule has 0 fully saturated rings. The molecule has 43 heavy (non-hydrogen) atoms. The van der Waals surface area contributed by atoms with E-state index in [0.717, 1.165) is 5.69 Å². The number of aryl methyl sites for hydroxylation is 1. The first kappa shape index (κ1) is 27.9. The second-order valence-corrected chi connectivity index (χ2v) is 10.3. The molecule has 1 aliphatic carbocycles. The molecule has 220 valence electrons. The van der Waals surface area contributed by atoms with E-state index in [1.165, 1.54) is 39.9 Å². The van der Waals surface area contributed by atoms with Crippen LogP contribution in [0.4, 0.5) is 18.9 Å². The fraction of sp³-hybridized carbons (Fsp3) is 0.233. The number of amides is 1. The van der Waals surface area contributed by atoms with Crippen molar-refractivity contribution in [2.45, 2.75) is 38.5 Å². The number of benzene rings is 2. The van der Waals surface area contributed by atoms with Crippen LogP contribution in [0.1, 0.15) is 62.3 Å². The molecule has 0 spiro atoms. The van der Waals surface area contributed by atoms with Gasteiger partial charge in [-0.25, -0.2) is 19.0 Å². The summed E-state index contributed by atoms with van der Waals surface area (Å²) in [6.07, 6.45) is -1.27. The summed E-state index contributed by atoms with van der Waals surface area (Å²) in [5.74, 6) is -1.20. The Morgan fingerprint density at radius 1 is 1.07 bits per heavy atom. The molecule has 0 saturated carbocycles. The number of fused-ring (bicyclic) bond motifs is 2. The number of carbonyl (C=O) groups is 2. The predicted octanol–water partition coefficient (Wildman–Crippen LogP) is 5.67. The first-order valence-electron chi connectivity index (χ1n) is 13.4. The van der Waals surface area contributed by atoms with Gasteiger partial charge in [0.25, 0.3) is 5.91 Å². The average Bonchev–Trinajstić information content (AvgIpc) is 3.57. The summed E-state index contributed by atoms with van der Waals surface area (Å²) >= 11 is 0. The molecule has 3 aromatic heterocycles. The van der Waals surface area contributed by atoms with E-state index in [-0.39, 0.29) is 34.5 Å². The molecule has 2 aromatic carbocycles. The van der Waals surface area contributed by atoms with Gasteiger partial charge in [0, 0.05) is 24.2 Å². The highest BCUT2D eigenvalue weighted by Crippen LogP contribution is 2.42. The second-order valence-electron chi connectivity index (χ2n) is 10.3. The summed E-state index contributed by atoms with van der Waals surface area (Å²) < 4.78 is 51.3. The lowest BCUT2D eigenvalue weighted by Crippen LogP contribution is -2.27. The number of halogens is 3. The van der Waals surface area contributed by atoms with Crippen molar-refractivity contribution < 1.29 is 32.6 Å². The number of alkyl halides is 3. The number of hydrogen-bond donors (Lipinski definition) is 1. The lowest BCUT2D eigenvalue weighted by molar-refractivity contribution is -0.142. The molecule has 3 heterocycles. The number of carboxylic acids is 1. The third kappa shape index (κ3) is 5.29. The highest BCUT2D eigenvalue weighted by atomic mass is 19.4. The number of carboxylic acid groups (broad SMARTS) is 1. The molecular formula is C30H25F3N6O4. The second kappa shape index (κ2) is 10.6. The normalized spacial score (nSPS) is 14.9. The quantitative estimate of drug-likeness (QED) is 0.271. The Hall–Kier alpha value is -5.20. The van der Waals surface area contributed by atoms with Gasteiger partial charge in [-0.1, -0.05) is 6.07 Å². The largest absolute Gasteiger partial charge is 0.484 e. The minimum atomic E-state index is -4.70. The third-order valence-electron chi connectivity index (χ3n) is 7.32. The molecule has 1 aliphatic rings. The van der Waals surface area contributed by atoms with Crippen molar-refractivity contribution in [1.29, 1.82) is 0 Å². The summed E-state index contributed by atoms with van der Waals surface area (Å²) in [6.45, 7) is 1.83. The van der Waals surface area contributed by atoms with Crippen molar-refractivity contribution in [1.82, 2.24) is 24.4 Å². The van der Waals surface area contributed by atoms with Gasteiger partial charge in [-0.15, -0.1) is 0 Å². The lowest BCUT2D eigenvalue weighted by atomic mass is 9.92. The van der Waals surface area contributed by atoms with Crippen LogP contribution in [0.25, 0.3) is 11.3 Å². The fourth-order valence-corrected chi connectivity index (χ4v) is 5.26. The van der Waals surface area contributed by atoms with Crippen molar-refractivity contribution in [3.63, 3.8) is 0 Å². The predicted molar refractivity (Wildman–Crippen MR) is 149 cm³/mol. The van der Waals surface area contributed by atoms with Crippen LogP contribution in [0.5, 0.6) is 5.75 Å². The zero-order chi connectivity index (χ0) is 30.5. The minimum absolute atomic E-state index is 0.0358. The van der Waals surface area contributed by atoms with Crippen LogP contribution in [0, 0.1) is 6.92 Å². The third-order valence-corrected chi connectivity index (χ3v) is 7.32. The van der Waals surface area contributed by atoms with E-state index in [1.807, 2.05) is 6.92 Å². The van der Waals surface area contributed by atoms with Crippen molar-refractivity contribution in [2.75, 3.05) is 11.9 Å². The molecular weight excluding hydrogens is 565 g/mol. The molecule has 13 heteroatoms. The molecule has 6 rings (SSSR count). The Balaban J connectivity index is 1.37. The van der Waals surface area contributed by atoms with Gasteiger partial charge in [0.1, 0.15) is 11.9 Å². The first-order chi connectivity index (χ1) is 20.5. The SMILES string of the molecule is Cc1cc2ncc(N(C)C(=O)c3cccc(-n4nc(C(F)(F)F)c5c4[C@H](Oc4ccc(C(=O)O)cc4)CCC5)c3)cn2n1. The maximum Gasteiger partial charge on any atom is 0.435 e. The number of hydrogen-bond acceptors (Lipinski definition) is 6. The Bertz CT molecular complexity index is 1860. The minimum Gasteiger partial charge on any atom is -0.484 e. The Morgan fingerprint density at radius 2 is 1.84 bits per heavy atom. The maximum atomic E-state index is 14.1. The molecule has 1 atom stereocenters. The standard InChI is InChI=1S/C30H25F3N6O4/c1-17-13-25-34-15-21(16-38(25)35-17)37(2)28(40)19-5-3-6-20(14-19)39-26-23(27(36-39)30(31,32)33)7-4-8-24(26)43-22-11-9-18(10-12-22)29(41)42/h3,5-6,9-16,24H,4,7-8H2,1-2H3,(H,41,42)/t24-/m1/s1. The van der Waals surface area contributed by atoms with Crippen molar-refractivity contribution in [3.8, 4) is 11.4 Å². The topological polar surface area (TPSA) is 115 Å². The summed E-state index contributed by atoms with van der Waals surface area (Å²) in [6, 6.07) is 13.7. The average molecular weight is 591 g/mol. The van der Waals surface area contributed by atoms with Crippen LogP contribution in [0.3, 0.4) is 0 Å². The molecule has 1 N–H and O–H groups in total. The van der Waals surface area contributed by atoms with Gasteiger partial charge in [0.2, 0.25) is 0 Å². The zero-order valence-corrected chi connectivity index (χ0v) is 23.0. The van der Waals surface area contributed by atoms with Crippen molar-refractivity contribution >= 4 is 23.2 Å². The van der Waals surface area contributed by atoms with E-state index in [1.54, 1.807) is 48.2 Å². The number of rotatable bonds is 6. The van der Waals surface area contributed by atoms with Crippen molar-refractivity contribution in [2.24, 2.45) is 0 Å². The van der Waals surface area contributed by atoms with Crippen LogP contribution in [-0.4, -0.2) is 48.4 Å². The molecule has 0 saturated heterocycles.